The number of halogens is 1. The molecule has 4 rings (SSSR count). The first-order valence-corrected chi connectivity index (χ1v) is 12.5. The largest absolute Gasteiger partial charge is 0.484 e. The van der Waals surface area contributed by atoms with Crippen LogP contribution in [0.4, 0.5) is 5.69 Å². The van der Waals surface area contributed by atoms with Crippen LogP contribution >= 0.6 is 11.6 Å². The maximum atomic E-state index is 13.3. The SMILES string of the molecule is Cc1cc(S(=O)(=O)N2CCCc3ccccc32)ccc1OCC(=O)NCc1ccccc1Cl. The molecule has 172 valence electrons. The van der Waals surface area contributed by atoms with E-state index in [2.05, 4.69) is 5.32 Å². The highest BCUT2D eigenvalue weighted by molar-refractivity contribution is 7.92. The van der Waals surface area contributed by atoms with E-state index in [0.717, 1.165) is 29.7 Å². The van der Waals surface area contributed by atoms with Crippen LogP contribution < -0.4 is 14.4 Å². The maximum Gasteiger partial charge on any atom is 0.264 e. The first kappa shape index (κ1) is 23.1. The first-order chi connectivity index (χ1) is 15.9. The number of anilines is 1. The molecule has 0 aliphatic carbocycles. The number of hydrogen-bond donors (Lipinski definition) is 1. The van der Waals surface area contributed by atoms with E-state index in [0.29, 0.717) is 29.4 Å². The molecule has 1 aliphatic heterocycles. The molecule has 3 aromatic rings. The van der Waals surface area contributed by atoms with Gasteiger partial charge in [0.1, 0.15) is 5.75 Å². The number of hydrogen-bond acceptors (Lipinski definition) is 4. The van der Waals surface area contributed by atoms with Crippen molar-refractivity contribution in [1.82, 2.24) is 5.32 Å². The Morgan fingerprint density at radius 2 is 1.85 bits per heavy atom. The summed E-state index contributed by atoms with van der Waals surface area (Å²) in [5.41, 5.74) is 3.22. The van der Waals surface area contributed by atoms with Gasteiger partial charge in [-0.15, -0.1) is 0 Å². The van der Waals surface area contributed by atoms with Crippen LogP contribution in [0.1, 0.15) is 23.1 Å². The summed E-state index contributed by atoms with van der Waals surface area (Å²) in [6.45, 7) is 2.33. The summed E-state index contributed by atoms with van der Waals surface area (Å²) in [5, 5.41) is 3.35. The zero-order chi connectivity index (χ0) is 23.4. The Morgan fingerprint density at radius 1 is 1.09 bits per heavy atom. The van der Waals surface area contributed by atoms with Crippen LogP contribution in [0.25, 0.3) is 0 Å². The lowest BCUT2D eigenvalue weighted by Crippen LogP contribution is -2.35. The van der Waals surface area contributed by atoms with Gasteiger partial charge in [0.15, 0.2) is 6.61 Å². The highest BCUT2D eigenvalue weighted by Crippen LogP contribution is 2.33. The summed E-state index contributed by atoms with van der Waals surface area (Å²) in [6.07, 6.45) is 1.65. The van der Waals surface area contributed by atoms with Gasteiger partial charge in [0, 0.05) is 18.1 Å². The summed E-state index contributed by atoms with van der Waals surface area (Å²) in [4.78, 5) is 12.4. The normalized spacial score (nSPS) is 13.3. The topological polar surface area (TPSA) is 75.7 Å². The molecule has 1 heterocycles. The molecule has 1 amide bonds. The molecule has 0 saturated heterocycles. The van der Waals surface area contributed by atoms with Crippen LogP contribution in [0.5, 0.6) is 5.75 Å². The molecule has 0 radical (unpaired) electrons. The van der Waals surface area contributed by atoms with Crippen molar-refractivity contribution in [3.63, 3.8) is 0 Å². The van der Waals surface area contributed by atoms with E-state index in [1.165, 1.54) is 10.4 Å². The number of carbonyl (C=O) groups is 1. The molecule has 0 aromatic heterocycles. The van der Waals surface area contributed by atoms with E-state index in [1.807, 2.05) is 42.5 Å². The monoisotopic (exact) mass is 484 g/mol. The summed E-state index contributed by atoms with van der Waals surface area (Å²) in [5.74, 6) is 0.164. The van der Waals surface area contributed by atoms with Crippen molar-refractivity contribution in [3.05, 3.63) is 88.4 Å². The van der Waals surface area contributed by atoms with E-state index >= 15 is 0 Å². The number of rotatable bonds is 7. The number of nitrogens with zero attached hydrogens (tertiary/aromatic N) is 1. The Balaban J connectivity index is 1.42. The van der Waals surface area contributed by atoms with Gasteiger partial charge in [-0.25, -0.2) is 8.42 Å². The Kier molecular flexibility index (Phi) is 6.91. The highest BCUT2D eigenvalue weighted by atomic mass is 35.5. The summed E-state index contributed by atoms with van der Waals surface area (Å²) in [6, 6.07) is 19.6. The fourth-order valence-electron chi connectivity index (χ4n) is 3.85. The molecule has 1 aliphatic rings. The second-order valence-electron chi connectivity index (χ2n) is 7.89. The van der Waals surface area contributed by atoms with Crippen LogP contribution in [-0.4, -0.2) is 27.5 Å². The van der Waals surface area contributed by atoms with Gasteiger partial charge in [0.05, 0.1) is 10.6 Å². The van der Waals surface area contributed by atoms with E-state index in [-0.39, 0.29) is 17.4 Å². The molecule has 0 unspecified atom stereocenters. The number of nitrogens with one attached hydrogen (secondary N) is 1. The molecule has 0 bridgehead atoms. The quantitative estimate of drug-likeness (QED) is 0.536. The van der Waals surface area contributed by atoms with Crippen LogP contribution in [0.3, 0.4) is 0 Å². The van der Waals surface area contributed by atoms with Crippen molar-refractivity contribution in [2.24, 2.45) is 0 Å². The lowest BCUT2D eigenvalue weighted by atomic mass is 10.0. The molecule has 1 N–H and O–H groups in total. The molecule has 3 aromatic carbocycles. The minimum atomic E-state index is -3.70. The zero-order valence-corrected chi connectivity index (χ0v) is 19.8. The fourth-order valence-corrected chi connectivity index (χ4v) is 5.68. The van der Waals surface area contributed by atoms with E-state index < -0.39 is 10.0 Å². The predicted octanol–water partition coefficient (Wildman–Crippen LogP) is 4.49. The number of carbonyl (C=O) groups excluding carboxylic acids is 1. The second kappa shape index (κ2) is 9.85. The third kappa shape index (κ3) is 5.15. The Bertz CT molecular complexity index is 1280. The third-order valence-corrected chi connectivity index (χ3v) is 7.77. The van der Waals surface area contributed by atoms with Crippen molar-refractivity contribution < 1.29 is 17.9 Å². The molecule has 0 fully saturated rings. The van der Waals surface area contributed by atoms with E-state index in [9.17, 15) is 13.2 Å². The van der Waals surface area contributed by atoms with Gasteiger partial charge in [0.25, 0.3) is 15.9 Å². The van der Waals surface area contributed by atoms with Crippen molar-refractivity contribution in [2.75, 3.05) is 17.5 Å². The number of para-hydroxylation sites is 1. The average Bonchev–Trinajstić information content (AvgIpc) is 2.82. The number of fused-ring (bicyclic) bond motifs is 1. The van der Waals surface area contributed by atoms with E-state index in [4.69, 9.17) is 16.3 Å². The van der Waals surface area contributed by atoms with E-state index in [1.54, 1.807) is 25.1 Å². The fraction of sp³-hybridized carbons (Fsp3) is 0.240. The third-order valence-electron chi connectivity index (χ3n) is 5.59. The minimum Gasteiger partial charge on any atom is -0.484 e. The first-order valence-electron chi connectivity index (χ1n) is 10.7. The highest BCUT2D eigenvalue weighted by Gasteiger charge is 2.29. The Labute approximate surface area is 199 Å². The van der Waals surface area contributed by atoms with Gasteiger partial charge in [-0.2, -0.15) is 0 Å². The van der Waals surface area contributed by atoms with Crippen molar-refractivity contribution in [2.45, 2.75) is 31.2 Å². The van der Waals surface area contributed by atoms with Crippen LogP contribution in [0, 0.1) is 6.92 Å². The molecular formula is C25H25ClN2O4S. The second-order valence-corrected chi connectivity index (χ2v) is 10.2. The Morgan fingerprint density at radius 3 is 2.64 bits per heavy atom. The average molecular weight is 485 g/mol. The van der Waals surface area contributed by atoms with Crippen LogP contribution in [0.15, 0.2) is 71.6 Å². The summed E-state index contributed by atoms with van der Waals surface area (Å²) < 4.78 is 33.8. The number of aryl methyl sites for hydroxylation is 2. The molecule has 0 spiro atoms. The van der Waals surface area contributed by atoms with Gasteiger partial charge >= 0.3 is 0 Å². The summed E-state index contributed by atoms with van der Waals surface area (Å²) >= 11 is 6.10. The lowest BCUT2D eigenvalue weighted by molar-refractivity contribution is -0.123. The molecule has 0 saturated carbocycles. The number of sulfonamides is 1. The molecule has 0 atom stereocenters. The molecule has 6 nitrogen and oxygen atoms in total. The number of ether oxygens (including phenoxy) is 1. The van der Waals surface area contributed by atoms with Gasteiger partial charge in [-0.1, -0.05) is 48.0 Å². The number of amides is 1. The minimum absolute atomic E-state index is 0.184. The molecular weight excluding hydrogens is 460 g/mol. The Hall–Kier alpha value is -3.03. The predicted molar refractivity (Wildman–Crippen MR) is 129 cm³/mol. The molecule has 8 heteroatoms. The van der Waals surface area contributed by atoms with Crippen molar-refractivity contribution in [3.8, 4) is 5.75 Å². The standard InChI is InChI=1S/C25H25ClN2O4S/c1-18-15-21(33(30,31)28-14-6-9-19-7-3-5-11-23(19)28)12-13-24(18)32-17-25(29)27-16-20-8-2-4-10-22(20)26/h2-5,7-8,10-13,15H,6,9,14,16-17H2,1H3,(H,27,29). The van der Waals surface area contributed by atoms with Crippen LogP contribution in [0.2, 0.25) is 5.02 Å². The maximum absolute atomic E-state index is 13.3. The zero-order valence-electron chi connectivity index (χ0n) is 18.3. The summed E-state index contributed by atoms with van der Waals surface area (Å²) in [7, 11) is -3.70. The van der Waals surface area contributed by atoms with Gasteiger partial charge in [-0.05, 0) is 66.8 Å². The van der Waals surface area contributed by atoms with Gasteiger partial charge in [-0.3, -0.25) is 9.10 Å². The van der Waals surface area contributed by atoms with Crippen LogP contribution in [-0.2, 0) is 27.8 Å². The van der Waals surface area contributed by atoms with Crippen molar-refractivity contribution >= 4 is 33.2 Å². The molecule has 33 heavy (non-hydrogen) atoms. The van der Waals surface area contributed by atoms with Gasteiger partial charge < -0.3 is 10.1 Å². The lowest BCUT2D eigenvalue weighted by Gasteiger charge is -2.30. The van der Waals surface area contributed by atoms with Gasteiger partial charge in [0.2, 0.25) is 0 Å². The van der Waals surface area contributed by atoms with Crippen molar-refractivity contribution in [1.29, 1.82) is 0 Å². The smallest absolute Gasteiger partial charge is 0.264 e. The number of benzene rings is 3.